The summed E-state index contributed by atoms with van der Waals surface area (Å²) in [5.41, 5.74) is -0.0362. The number of hydrogen-bond acceptors (Lipinski definition) is 6. The number of methoxy groups -OCH3 is 1. The largest absolute Gasteiger partial charge is 0.493 e. The lowest BCUT2D eigenvalue weighted by atomic mass is 10.1. The Hall–Kier alpha value is -3.76. The van der Waals surface area contributed by atoms with E-state index in [0.29, 0.717) is 19.4 Å². The molecule has 1 amide bonds. The smallest absolute Gasteiger partial charge is 0.387 e. The van der Waals surface area contributed by atoms with Crippen molar-refractivity contribution in [1.82, 2.24) is 19.9 Å². The van der Waals surface area contributed by atoms with Crippen molar-refractivity contribution in [2.24, 2.45) is 0 Å². The minimum absolute atomic E-state index is 0.0794. The third kappa shape index (κ3) is 5.10. The van der Waals surface area contributed by atoms with Crippen LogP contribution < -0.4 is 26.0 Å². The Bertz CT molecular complexity index is 1240. The van der Waals surface area contributed by atoms with Gasteiger partial charge >= 0.3 is 12.3 Å². The van der Waals surface area contributed by atoms with Gasteiger partial charge < -0.3 is 14.8 Å². The van der Waals surface area contributed by atoms with Gasteiger partial charge in [0.15, 0.2) is 11.5 Å². The number of aryl methyl sites for hydroxylation is 1. The highest BCUT2D eigenvalue weighted by Gasteiger charge is 2.14. The molecular formula is C21H22F2N4O5. The molecule has 0 aliphatic rings. The van der Waals surface area contributed by atoms with Gasteiger partial charge in [-0.1, -0.05) is 13.0 Å². The predicted molar refractivity (Wildman–Crippen MR) is 113 cm³/mol. The Morgan fingerprint density at radius 2 is 2.03 bits per heavy atom. The summed E-state index contributed by atoms with van der Waals surface area (Å²) in [6.07, 6.45) is 2.38. The van der Waals surface area contributed by atoms with Crippen LogP contribution in [0.3, 0.4) is 0 Å². The van der Waals surface area contributed by atoms with E-state index in [0.717, 1.165) is 5.56 Å². The van der Waals surface area contributed by atoms with E-state index in [1.54, 1.807) is 12.1 Å². The van der Waals surface area contributed by atoms with Gasteiger partial charge in [-0.05, 0) is 36.6 Å². The second-order valence-corrected chi connectivity index (χ2v) is 6.88. The zero-order valence-electron chi connectivity index (χ0n) is 17.5. The van der Waals surface area contributed by atoms with E-state index in [1.165, 1.54) is 30.0 Å². The molecule has 0 atom stereocenters. The number of benzene rings is 1. The number of amides is 1. The summed E-state index contributed by atoms with van der Waals surface area (Å²) in [4.78, 5) is 43.1. The van der Waals surface area contributed by atoms with Crippen LogP contribution in [0.25, 0.3) is 11.0 Å². The highest BCUT2D eigenvalue weighted by Crippen LogP contribution is 2.29. The molecule has 3 aromatic rings. The minimum atomic E-state index is -2.96. The molecule has 1 aromatic carbocycles. The summed E-state index contributed by atoms with van der Waals surface area (Å²) in [7, 11) is 1.34. The number of nitrogens with zero attached hydrogens (tertiary/aromatic N) is 2. The number of fused-ring (bicyclic) bond motifs is 1. The number of ether oxygens (including phenoxy) is 2. The second kappa shape index (κ2) is 10.0. The van der Waals surface area contributed by atoms with Crippen molar-refractivity contribution in [3.8, 4) is 11.5 Å². The quantitative estimate of drug-likeness (QED) is 0.518. The number of pyridine rings is 1. The number of carbonyl (C=O) groups is 1. The van der Waals surface area contributed by atoms with E-state index in [9.17, 15) is 23.2 Å². The van der Waals surface area contributed by atoms with Crippen LogP contribution >= 0.6 is 0 Å². The number of rotatable bonds is 9. The standard InChI is InChI=1S/C21H22F2N4O5/c1-3-8-27-17-14(19(29)26-21(27)30)10-13(11-25-17)18(28)24-7-6-12-4-5-15(32-20(22)23)16(9-12)31-2/h4-5,9-11,20H,3,6-8H2,1-2H3,(H,24,28)(H,26,29,30). The first-order valence-corrected chi connectivity index (χ1v) is 9.86. The molecule has 32 heavy (non-hydrogen) atoms. The Morgan fingerprint density at radius 3 is 2.72 bits per heavy atom. The lowest BCUT2D eigenvalue weighted by molar-refractivity contribution is -0.0512. The first kappa shape index (κ1) is 22.9. The number of aromatic nitrogens is 3. The van der Waals surface area contributed by atoms with Gasteiger partial charge in [0.2, 0.25) is 0 Å². The maximum Gasteiger partial charge on any atom is 0.387 e. The average Bonchev–Trinajstić information content (AvgIpc) is 2.76. The molecular weight excluding hydrogens is 426 g/mol. The molecule has 2 aromatic heterocycles. The maximum absolute atomic E-state index is 12.5. The summed E-state index contributed by atoms with van der Waals surface area (Å²) in [5, 5.41) is 2.86. The van der Waals surface area contributed by atoms with Crippen molar-refractivity contribution in [3.63, 3.8) is 0 Å². The number of carbonyl (C=O) groups excluding carboxylic acids is 1. The lowest BCUT2D eigenvalue weighted by Crippen LogP contribution is -2.31. The molecule has 0 spiro atoms. The molecule has 0 aliphatic carbocycles. The molecule has 3 rings (SSSR count). The van der Waals surface area contributed by atoms with Crippen LogP contribution in [-0.2, 0) is 13.0 Å². The number of alkyl halides is 2. The van der Waals surface area contributed by atoms with Crippen molar-refractivity contribution in [3.05, 3.63) is 62.4 Å². The Kier molecular flexibility index (Phi) is 7.18. The third-order valence-corrected chi connectivity index (χ3v) is 4.69. The summed E-state index contributed by atoms with van der Waals surface area (Å²) in [6, 6.07) is 5.91. The molecule has 0 aliphatic heterocycles. The number of H-pyrrole nitrogens is 1. The van der Waals surface area contributed by atoms with Gasteiger partial charge in [-0.15, -0.1) is 0 Å². The Balaban J connectivity index is 1.71. The number of aromatic amines is 1. The van der Waals surface area contributed by atoms with E-state index in [-0.39, 0.29) is 34.6 Å². The molecule has 0 radical (unpaired) electrons. The number of hydrogen-bond donors (Lipinski definition) is 2. The highest BCUT2D eigenvalue weighted by molar-refractivity contribution is 5.96. The van der Waals surface area contributed by atoms with E-state index in [2.05, 4.69) is 20.0 Å². The predicted octanol–water partition coefficient (Wildman–Crippen LogP) is 2.08. The maximum atomic E-state index is 12.5. The lowest BCUT2D eigenvalue weighted by Gasteiger charge is -2.12. The first-order chi connectivity index (χ1) is 15.3. The van der Waals surface area contributed by atoms with Crippen LogP contribution in [0.5, 0.6) is 11.5 Å². The van der Waals surface area contributed by atoms with Crippen LogP contribution in [0, 0.1) is 0 Å². The summed E-state index contributed by atoms with van der Waals surface area (Å²) < 4.78 is 35.6. The van der Waals surface area contributed by atoms with Gasteiger partial charge in [0.25, 0.3) is 11.5 Å². The van der Waals surface area contributed by atoms with Crippen molar-refractivity contribution in [2.75, 3.05) is 13.7 Å². The first-order valence-electron chi connectivity index (χ1n) is 9.86. The minimum Gasteiger partial charge on any atom is -0.493 e. The summed E-state index contributed by atoms with van der Waals surface area (Å²) in [6.45, 7) is -0.454. The second-order valence-electron chi connectivity index (χ2n) is 6.88. The van der Waals surface area contributed by atoms with Crippen molar-refractivity contribution < 1.29 is 23.0 Å². The highest BCUT2D eigenvalue weighted by atomic mass is 19.3. The van der Waals surface area contributed by atoms with Gasteiger partial charge in [-0.3, -0.25) is 19.1 Å². The van der Waals surface area contributed by atoms with E-state index >= 15 is 0 Å². The van der Waals surface area contributed by atoms with Crippen LogP contribution in [0.15, 0.2) is 40.1 Å². The molecule has 170 valence electrons. The van der Waals surface area contributed by atoms with Gasteiger partial charge in [0, 0.05) is 19.3 Å². The molecule has 11 heteroatoms. The fourth-order valence-corrected chi connectivity index (χ4v) is 3.21. The van der Waals surface area contributed by atoms with Crippen LogP contribution in [0.1, 0.15) is 29.3 Å². The molecule has 2 heterocycles. The van der Waals surface area contributed by atoms with Crippen molar-refractivity contribution in [1.29, 1.82) is 0 Å². The van der Waals surface area contributed by atoms with Crippen LogP contribution in [0.4, 0.5) is 8.78 Å². The van der Waals surface area contributed by atoms with E-state index in [1.807, 2.05) is 6.92 Å². The zero-order chi connectivity index (χ0) is 23.3. The molecule has 0 saturated heterocycles. The van der Waals surface area contributed by atoms with Gasteiger partial charge in [0.05, 0.1) is 18.1 Å². The molecule has 2 N–H and O–H groups in total. The third-order valence-electron chi connectivity index (χ3n) is 4.69. The van der Waals surface area contributed by atoms with Gasteiger partial charge in [-0.25, -0.2) is 9.78 Å². The Labute approximate surface area is 181 Å². The SMILES string of the molecule is CCCn1c(=O)[nH]c(=O)c2cc(C(=O)NCCc3ccc(OC(F)F)c(OC)c3)cnc21. The molecule has 0 unspecified atom stereocenters. The van der Waals surface area contributed by atoms with Gasteiger partial charge in [-0.2, -0.15) is 8.78 Å². The topological polar surface area (TPSA) is 115 Å². The zero-order valence-corrected chi connectivity index (χ0v) is 17.5. The average molecular weight is 448 g/mol. The fraction of sp³-hybridized carbons (Fsp3) is 0.333. The number of nitrogens with one attached hydrogen (secondary N) is 2. The fourth-order valence-electron chi connectivity index (χ4n) is 3.21. The molecule has 0 saturated carbocycles. The molecule has 0 bridgehead atoms. The summed E-state index contributed by atoms with van der Waals surface area (Å²) in [5.74, 6) is -0.369. The molecule has 9 nitrogen and oxygen atoms in total. The normalized spacial score (nSPS) is 11.0. The van der Waals surface area contributed by atoms with Gasteiger partial charge in [0.1, 0.15) is 5.65 Å². The molecule has 0 fully saturated rings. The number of halogens is 2. The van der Waals surface area contributed by atoms with Crippen LogP contribution in [-0.4, -0.2) is 40.7 Å². The van der Waals surface area contributed by atoms with E-state index < -0.39 is 23.8 Å². The summed E-state index contributed by atoms with van der Waals surface area (Å²) >= 11 is 0. The van der Waals surface area contributed by atoms with Crippen molar-refractivity contribution >= 4 is 16.9 Å². The Morgan fingerprint density at radius 1 is 1.25 bits per heavy atom. The van der Waals surface area contributed by atoms with Crippen molar-refractivity contribution in [2.45, 2.75) is 32.9 Å². The van der Waals surface area contributed by atoms with E-state index in [4.69, 9.17) is 4.74 Å². The monoisotopic (exact) mass is 448 g/mol. The van der Waals surface area contributed by atoms with Crippen LogP contribution in [0.2, 0.25) is 0 Å².